The molecule has 17 heavy (non-hydrogen) atoms. The molecule has 2 rings (SSSR count). The van der Waals surface area contributed by atoms with E-state index in [1.807, 2.05) is 0 Å². The highest BCUT2D eigenvalue weighted by atomic mass is 16.6. The predicted octanol–water partition coefficient (Wildman–Crippen LogP) is 4.31. The first-order valence-corrected chi connectivity index (χ1v) is 7.12. The van der Waals surface area contributed by atoms with Gasteiger partial charge in [-0.3, -0.25) is 10.1 Å². The van der Waals surface area contributed by atoms with Gasteiger partial charge in [-0.25, -0.2) is 0 Å². The molecule has 2 saturated carbocycles. The van der Waals surface area contributed by atoms with Crippen molar-refractivity contribution in [1.82, 2.24) is 0 Å². The Morgan fingerprint density at radius 1 is 0.882 bits per heavy atom. The molecule has 2 aliphatic rings. The Hall–Kier alpha value is -0.860. The van der Waals surface area contributed by atoms with E-state index in [0.717, 1.165) is 0 Å². The highest BCUT2D eigenvalue weighted by Gasteiger charge is 2.28. The summed E-state index contributed by atoms with van der Waals surface area (Å²) in [6.45, 7) is 0. The third-order valence-electron chi connectivity index (χ3n) is 4.41. The van der Waals surface area contributed by atoms with Crippen LogP contribution in [0.25, 0.3) is 0 Å². The molecule has 0 amide bonds. The van der Waals surface area contributed by atoms with Crippen LogP contribution in [-0.4, -0.2) is 4.92 Å². The Labute approximate surface area is 103 Å². The lowest BCUT2D eigenvalue weighted by Gasteiger charge is -2.30. The zero-order chi connectivity index (χ0) is 12.1. The van der Waals surface area contributed by atoms with Crippen molar-refractivity contribution >= 4 is 0 Å². The van der Waals surface area contributed by atoms with E-state index in [0.29, 0.717) is 11.8 Å². The lowest BCUT2D eigenvalue weighted by atomic mass is 9.74. The van der Waals surface area contributed by atoms with E-state index in [1.165, 1.54) is 76.0 Å². The van der Waals surface area contributed by atoms with E-state index in [9.17, 15) is 10.1 Å². The van der Waals surface area contributed by atoms with Crippen LogP contribution in [0.2, 0.25) is 0 Å². The molecule has 0 aliphatic heterocycles. The lowest BCUT2D eigenvalue weighted by molar-refractivity contribution is -0.404. The number of hydrogen-bond acceptors (Lipinski definition) is 2. The molecule has 0 bridgehead atoms. The van der Waals surface area contributed by atoms with Gasteiger partial charge in [-0.1, -0.05) is 38.5 Å². The summed E-state index contributed by atoms with van der Waals surface area (Å²) in [7, 11) is 0. The third-order valence-corrected chi connectivity index (χ3v) is 4.41. The number of rotatable bonds is 3. The van der Waals surface area contributed by atoms with Gasteiger partial charge in [0.25, 0.3) is 0 Å². The molecular formula is C14H23NO2. The average Bonchev–Trinajstić information content (AvgIpc) is 2.38. The maximum absolute atomic E-state index is 10.8. The number of nitrogens with zero attached hydrogens (tertiary/aromatic N) is 1. The van der Waals surface area contributed by atoms with Crippen LogP contribution in [0.1, 0.15) is 64.2 Å². The highest BCUT2D eigenvalue weighted by molar-refractivity contribution is 5.10. The standard InChI is InChI=1S/C14H23NO2/c16-15(17)11-14(12-7-3-1-4-8-12)13-9-5-2-6-10-13/h11-13H,1-10H2. The second kappa shape index (κ2) is 6.18. The highest BCUT2D eigenvalue weighted by Crippen LogP contribution is 2.39. The molecule has 0 radical (unpaired) electrons. The molecule has 0 unspecified atom stereocenters. The number of hydrogen-bond donors (Lipinski definition) is 0. The summed E-state index contributed by atoms with van der Waals surface area (Å²) in [5, 5.41) is 10.8. The van der Waals surface area contributed by atoms with Gasteiger partial charge in [-0.15, -0.1) is 0 Å². The van der Waals surface area contributed by atoms with Gasteiger partial charge in [0.15, 0.2) is 0 Å². The van der Waals surface area contributed by atoms with Gasteiger partial charge >= 0.3 is 0 Å². The second-order valence-electron chi connectivity index (χ2n) is 5.58. The van der Waals surface area contributed by atoms with Gasteiger partial charge in [0.1, 0.15) is 0 Å². The summed E-state index contributed by atoms with van der Waals surface area (Å²) in [4.78, 5) is 10.6. The maximum atomic E-state index is 10.8. The summed E-state index contributed by atoms with van der Waals surface area (Å²) in [5.41, 5.74) is 1.18. The van der Waals surface area contributed by atoms with Crippen LogP contribution >= 0.6 is 0 Å². The monoisotopic (exact) mass is 237 g/mol. The Kier molecular flexibility index (Phi) is 4.57. The summed E-state index contributed by atoms with van der Waals surface area (Å²) in [6.07, 6.45) is 13.7. The van der Waals surface area contributed by atoms with E-state index >= 15 is 0 Å². The molecule has 0 aromatic rings. The predicted molar refractivity (Wildman–Crippen MR) is 68.2 cm³/mol. The van der Waals surface area contributed by atoms with Crippen LogP contribution in [0.4, 0.5) is 0 Å². The zero-order valence-electron chi connectivity index (χ0n) is 10.6. The maximum Gasteiger partial charge on any atom is 0.234 e. The van der Waals surface area contributed by atoms with Gasteiger partial charge in [0.05, 0.1) is 4.92 Å². The molecule has 0 atom stereocenters. The van der Waals surface area contributed by atoms with E-state index in [4.69, 9.17) is 0 Å². The fourth-order valence-corrected chi connectivity index (χ4v) is 3.54. The van der Waals surface area contributed by atoms with E-state index in [2.05, 4.69) is 0 Å². The number of nitro groups is 1. The van der Waals surface area contributed by atoms with Crippen molar-refractivity contribution in [2.24, 2.45) is 11.8 Å². The smallest absolute Gasteiger partial charge is 0.234 e. The minimum absolute atomic E-state index is 0.224. The molecule has 3 nitrogen and oxygen atoms in total. The molecule has 2 fully saturated rings. The van der Waals surface area contributed by atoms with Crippen molar-refractivity contribution in [2.45, 2.75) is 64.2 Å². The van der Waals surface area contributed by atoms with E-state index in [-0.39, 0.29) is 4.92 Å². The van der Waals surface area contributed by atoms with Crippen molar-refractivity contribution in [2.75, 3.05) is 0 Å². The summed E-state index contributed by atoms with van der Waals surface area (Å²) >= 11 is 0. The molecule has 0 heterocycles. The van der Waals surface area contributed by atoms with Crippen molar-refractivity contribution < 1.29 is 4.92 Å². The molecular weight excluding hydrogens is 214 g/mol. The first-order valence-electron chi connectivity index (χ1n) is 7.12. The largest absolute Gasteiger partial charge is 0.259 e. The summed E-state index contributed by atoms with van der Waals surface area (Å²) < 4.78 is 0. The molecule has 0 saturated heterocycles. The molecule has 3 heteroatoms. The quantitative estimate of drug-likeness (QED) is 0.542. The molecule has 0 aromatic carbocycles. The van der Waals surface area contributed by atoms with Crippen LogP contribution in [0.3, 0.4) is 0 Å². The third kappa shape index (κ3) is 3.55. The van der Waals surface area contributed by atoms with Crippen molar-refractivity contribution in [3.8, 4) is 0 Å². The first kappa shape index (κ1) is 12.6. The molecule has 2 aliphatic carbocycles. The minimum Gasteiger partial charge on any atom is -0.259 e. The van der Waals surface area contributed by atoms with Crippen LogP contribution < -0.4 is 0 Å². The lowest BCUT2D eigenvalue weighted by Crippen LogP contribution is -2.19. The molecule has 96 valence electrons. The first-order chi connectivity index (χ1) is 8.27. The fraction of sp³-hybridized carbons (Fsp3) is 0.857. The van der Waals surface area contributed by atoms with Crippen LogP contribution in [0.5, 0.6) is 0 Å². The van der Waals surface area contributed by atoms with Crippen molar-refractivity contribution in [3.63, 3.8) is 0 Å². The average molecular weight is 237 g/mol. The SMILES string of the molecule is O=[N+]([O-])C=C(C1CCCCC1)C1CCCCC1. The van der Waals surface area contributed by atoms with Gasteiger partial charge < -0.3 is 0 Å². The fourth-order valence-electron chi connectivity index (χ4n) is 3.54. The molecule has 0 spiro atoms. The Balaban J connectivity index is 2.08. The van der Waals surface area contributed by atoms with Crippen LogP contribution in [0, 0.1) is 22.0 Å². The summed E-state index contributed by atoms with van der Waals surface area (Å²) in [5.74, 6) is 1.02. The summed E-state index contributed by atoms with van der Waals surface area (Å²) in [6, 6.07) is 0. The molecule has 0 N–H and O–H groups in total. The topological polar surface area (TPSA) is 43.1 Å². The minimum atomic E-state index is -0.224. The van der Waals surface area contributed by atoms with Crippen LogP contribution in [0.15, 0.2) is 11.8 Å². The van der Waals surface area contributed by atoms with Gasteiger partial charge in [-0.2, -0.15) is 0 Å². The van der Waals surface area contributed by atoms with E-state index < -0.39 is 0 Å². The number of allylic oxidation sites excluding steroid dienone is 1. The van der Waals surface area contributed by atoms with Crippen molar-refractivity contribution in [1.29, 1.82) is 0 Å². The van der Waals surface area contributed by atoms with Crippen LogP contribution in [-0.2, 0) is 0 Å². The van der Waals surface area contributed by atoms with Gasteiger partial charge in [0, 0.05) is 5.57 Å². The Bertz CT molecular complexity index is 267. The Morgan fingerprint density at radius 3 is 1.65 bits per heavy atom. The van der Waals surface area contributed by atoms with E-state index in [1.54, 1.807) is 0 Å². The second-order valence-corrected chi connectivity index (χ2v) is 5.58. The Morgan fingerprint density at radius 2 is 1.29 bits per heavy atom. The van der Waals surface area contributed by atoms with Crippen molar-refractivity contribution in [3.05, 3.63) is 21.9 Å². The van der Waals surface area contributed by atoms with Gasteiger partial charge in [0.2, 0.25) is 6.20 Å². The zero-order valence-corrected chi connectivity index (χ0v) is 10.6. The van der Waals surface area contributed by atoms with Gasteiger partial charge in [-0.05, 0) is 37.5 Å². The molecule has 0 aromatic heterocycles. The normalized spacial score (nSPS) is 23.3.